The van der Waals surface area contributed by atoms with Crippen LogP contribution in [0.4, 0.5) is 0 Å². The molecule has 0 bridgehead atoms. The number of hydrogen-bond donors (Lipinski definition) is 1. The Morgan fingerprint density at radius 2 is 1.91 bits per heavy atom. The number of benzene rings is 2. The Balaban J connectivity index is 2.02. The standard InChI is InChI=1S/C16H14Cl2N2O2/c1-22-15(12-5-3-2-4-6-12)16(21)20-19-10-11-7-8-13(17)14(18)9-11/h2-10,15H,1H3,(H,20,21). The van der Waals surface area contributed by atoms with Crippen LogP contribution in [0.5, 0.6) is 0 Å². The van der Waals surface area contributed by atoms with Gasteiger partial charge in [0.2, 0.25) is 0 Å². The third-order valence-electron chi connectivity index (χ3n) is 2.91. The number of nitrogens with zero attached hydrogens (tertiary/aromatic N) is 1. The van der Waals surface area contributed by atoms with Crippen LogP contribution in [0, 0.1) is 0 Å². The summed E-state index contributed by atoms with van der Waals surface area (Å²) in [6, 6.07) is 14.2. The molecule has 2 aromatic rings. The van der Waals surface area contributed by atoms with Crippen molar-refractivity contribution in [2.45, 2.75) is 6.10 Å². The van der Waals surface area contributed by atoms with E-state index in [1.807, 2.05) is 30.3 Å². The lowest BCUT2D eigenvalue weighted by Crippen LogP contribution is -2.26. The van der Waals surface area contributed by atoms with Crippen molar-refractivity contribution in [2.75, 3.05) is 7.11 Å². The topological polar surface area (TPSA) is 50.7 Å². The van der Waals surface area contributed by atoms with Crippen LogP contribution in [0.2, 0.25) is 10.0 Å². The Morgan fingerprint density at radius 3 is 2.55 bits per heavy atom. The van der Waals surface area contributed by atoms with E-state index in [-0.39, 0.29) is 5.91 Å². The van der Waals surface area contributed by atoms with Gasteiger partial charge in [-0.1, -0.05) is 59.6 Å². The van der Waals surface area contributed by atoms with E-state index >= 15 is 0 Å². The van der Waals surface area contributed by atoms with E-state index in [1.54, 1.807) is 18.2 Å². The number of carbonyl (C=O) groups is 1. The molecule has 0 aliphatic carbocycles. The van der Waals surface area contributed by atoms with E-state index in [0.717, 1.165) is 11.1 Å². The Bertz CT molecular complexity index is 675. The van der Waals surface area contributed by atoms with E-state index < -0.39 is 6.10 Å². The fourth-order valence-corrected chi connectivity index (χ4v) is 2.15. The zero-order valence-electron chi connectivity index (χ0n) is 11.8. The second-order valence-corrected chi connectivity index (χ2v) is 5.25. The van der Waals surface area contributed by atoms with Gasteiger partial charge in [0, 0.05) is 7.11 Å². The molecule has 22 heavy (non-hydrogen) atoms. The highest BCUT2D eigenvalue weighted by molar-refractivity contribution is 6.42. The summed E-state index contributed by atoms with van der Waals surface area (Å²) in [6.07, 6.45) is 0.768. The van der Waals surface area contributed by atoms with Gasteiger partial charge >= 0.3 is 0 Å². The van der Waals surface area contributed by atoms with Gasteiger partial charge in [-0.25, -0.2) is 5.43 Å². The van der Waals surface area contributed by atoms with Crippen molar-refractivity contribution < 1.29 is 9.53 Å². The van der Waals surface area contributed by atoms with Crippen molar-refractivity contribution in [2.24, 2.45) is 5.10 Å². The number of methoxy groups -OCH3 is 1. The fourth-order valence-electron chi connectivity index (χ4n) is 1.84. The van der Waals surface area contributed by atoms with Gasteiger partial charge in [0.25, 0.3) is 5.91 Å². The summed E-state index contributed by atoms with van der Waals surface area (Å²) >= 11 is 11.7. The first-order valence-corrected chi connectivity index (χ1v) is 7.23. The number of halogens is 2. The molecular weight excluding hydrogens is 323 g/mol. The molecule has 0 aliphatic rings. The molecule has 6 heteroatoms. The molecule has 2 rings (SSSR count). The molecule has 0 fully saturated rings. The number of nitrogens with one attached hydrogen (secondary N) is 1. The van der Waals surface area contributed by atoms with Gasteiger partial charge in [0.05, 0.1) is 16.3 Å². The minimum atomic E-state index is -0.716. The summed E-state index contributed by atoms with van der Waals surface area (Å²) in [5, 5.41) is 4.79. The molecule has 0 spiro atoms. The highest BCUT2D eigenvalue weighted by Crippen LogP contribution is 2.21. The molecule has 1 N–H and O–H groups in total. The lowest BCUT2D eigenvalue weighted by atomic mass is 10.1. The minimum absolute atomic E-state index is 0.356. The molecule has 0 aliphatic heterocycles. The predicted molar refractivity (Wildman–Crippen MR) is 88.4 cm³/mol. The Morgan fingerprint density at radius 1 is 1.18 bits per heavy atom. The molecule has 0 aromatic heterocycles. The summed E-state index contributed by atoms with van der Waals surface area (Å²) in [5.41, 5.74) is 3.93. The van der Waals surface area contributed by atoms with E-state index in [4.69, 9.17) is 27.9 Å². The van der Waals surface area contributed by atoms with Crippen molar-refractivity contribution in [1.29, 1.82) is 0 Å². The Labute approximate surface area is 138 Å². The number of rotatable bonds is 5. The first-order valence-electron chi connectivity index (χ1n) is 6.47. The van der Waals surface area contributed by atoms with E-state index in [9.17, 15) is 4.79 Å². The summed E-state index contributed by atoms with van der Waals surface area (Å²) in [7, 11) is 1.47. The van der Waals surface area contributed by atoms with Crippen molar-refractivity contribution in [3.05, 3.63) is 69.7 Å². The van der Waals surface area contributed by atoms with E-state index in [2.05, 4.69) is 10.5 Å². The first-order chi connectivity index (χ1) is 10.6. The van der Waals surface area contributed by atoms with Crippen LogP contribution in [0.3, 0.4) is 0 Å². The zero-order chi connectivity index (χ0) is 15.9. The lowest BCUT2D eigenvalue weighted by Gasteiger charge is -2.13. The van der Waals surface area contributed by atoms with Crippen molar-refractivity contribution >= 4 is 35.3 Å². The van der Waals surface area contributed by atoms with Crippen LogP contribution < -0.4 is 5.43 Å². The molecule has 0 saturated heterocycles. The van der Waals surface area contributed by atoms with Crippen LogP contribution in [-0.4, -0.2) is 19.2 Å². The normalized spacial score (nSPS) is 12.3. The second kappa shape index (κ2) is 7.94. The predicted octanol–water partition coefficient (Wildman–Crippen LogP) is 3.83. The maximum absolute atomic E-state index is 12.1. The number of amides is 1. The molecule has 114 valence electrons. The van der Waals surface area contributed by atoms with Crippen LogP contribution in [0.25, 0.3) is 0 Å². The monoisotopic (exact) mass is 336 g/mol. The highest BCUT2D eigenvalue weighted by Gasteiger charge is 2.18. The minimum Gasteiger partial charge on any atom is -0.367 e. The van der Waals surface area contributed by atoms with Crippen LogP contribution in [0.15, 0.2) is 53.6 Å². The van der Waals surface area contributed by atoms with E-state index in [1.165, 1.54) is 13.3 Å². The number of ether oxygens (including phenoxy) is 1. The molecular formula is C16H14Cl2N2O2. The molecule has 2 aromatic carbocycles. The third kappa shape index (κ3) is 4.31. The molecule has 1 atom stereocenters. The molecule has 1 unspecified atom stereocenters. The molecule has 4 nitrogen and oxygen atoms in total. The maximum atomic E-state index is 12.1. The smallest absolute Gasteiger partial charge is 0.273 e. The van der Waals surface area contributed by atoms with Gasteiger partial charge in [-0.2, -0.15) is 5.10 Å². The molecule has 0 heterocycles. The van der Waals surface area contributed by atoms with Gasteiger partial charge in [-0.15, -0.1) is 0 Å². The van der Waals surface area contributed by atoms with Gasteiger partial charge < -0.3 is 4.74 Å². The highest BCUT2D eigenvalue weighted by atomic mass is 35.5. The lowest BCUT2D eigenvalue weighted by molar-refractivity contribution is -0.131. The van der Waals surface area contributed by atoms with Crippen molar-refractivity contribution in [3.63, 3.8) is 0 Å². The van der Waals surface area contributed by atoms with Crippen LogP contribution in [-0.2, 0) is 9.53 Å². The van der Waals surface area contributed by atoms with Crippen LogP contribution >= 0.6 is 23.2 Å². The summed E-state index contributed by atoms with van der Waals surface area (Å²) in [5.74, 6) is -0.356. The van der Waals surface area contributed by atoms with Gasteiger partial charge in [-0.05, 0) is 23.3 Å². The molecule has 0 radical (unpaired) electrons. The largest absolute Gasteiger partial charge is 0.367 e. The maximum Gasteiger partial charge on any atom is 0.273 e. The fraction of sp³-hybridized carbons (Fsp3) is 0.125. The van der Waals surface area contributed by atoms with E-state index in [0.29, 0.717) is 10.0 Å². The molecule has 0 saturated carbocycles. The van der Waals surface area contributed by atoms with Crippen LogP contribution in [0.1, 0.15) is 17.2 Å². The van der Waals surface area contributed by atoms with Gasteiger partial charge in [0.1, 0.15) is 0 Å². The quantitative estimate of drug-likeness (QED) is 0.666. The average Bonchev–Trinajstić information content (AvgIpc) is 2.52. The number of hydrazone groups is 1. The number of hydrogen-bond acceptors (Lipinski definition) is 3. The Kier molecular flexibility index (Phi) is 5.95. The van der Waals surface area contributed by atoms with Crippen molar-refractivity contribution in [3.8, 4) is 0 Å². The summed E-state index contributed by atoms with van der Waals surface area (Å²) in [6.45, 7) is 0. The van der Waals surface area contributed by atoms with Crippen molar-refractivity contribution in [1.82, 2.24) is 5.43 Å². The number of carbonyl (C=O) groups excluding carboxylic acids is 1. The van der Waals surface area contributed by atoms with Gasteiger partial charge in [0.15, 0.2) is 6.10 Å². The summed E-state index contributed by atoms with van der Waals surface area (Å²) in [4.78, 5) is 12.1. The first kappa shape index (κ1) is 16.5. The SMILES string of the molecule is COC(C(=O)NN=Cc1ccc(Cl)c(Cl)c1)c1ccccc1. The zero-order valence-corrected chi connectivity index (χ0v) is 13.3. The second-order valence-electron chi connectivity index (χ2n) is 4.43. The molecule has 1 amide bonds. The average molecular weight is 337 g/mol. The third-order valence-corrected chi connectivity index (χ3v) is 3.65. The Hall–Kier alpha value is -1.88. The van der Waals surface area contributed by atoms with Gasteiger partial charge in [-0.3, -0.25) is 4.79 Å². The summed E-state index contributed by atoms with van der Waals surface area (Å²) < 4.78 is 5.21.